The fourth-order valence-electron chi connectivity index (χ4n) is 1.73. The van der Waals surface area contributed by atoms with E-state index < -0.39 is 0 Å². The maximum absolute atomic E-state index is 5.77. The Kier molecular flexibility index (Phi) is 2.22. The Bertz CT molecular complexity index is 545. The van der Waals surface area contributed by atoms with Crippen LogP contribution in [0.5, 0.6) is 5.75 Å². The van der Waals surface area contributed by atoms with Crippen molar-refractivity contribution >= 4 is 11.6 Å². The molecule has 0 saturated heterocycles. The van der Waals surface area contributed by atoms with Crippen molar-refractivity contribution in [2.24, 2.45) is 0 Å². The van der Waals surface area contributed by atoms with Gasteiger partial charge in [0, 0.05) is 12.0 Å². The molecule has 2 heterocycles. The van der Waals surface area contributed by atoms with Crippen LogP contribution in [0.15, 0.2) is 24.4 Å². The minimum absolute atomic E-state index is 0.349. The third-order valence-corrected chi connectivity index (χ3v) is 2.66. The van der Waals surface area contributed by atoms with E-state index in [1.807, 2.05) is 18.2 Å². The predicted molar refractivity (Wildman–Crippen MR) is 59.5 cm³/mol. The molecule has 1 aliphatic rings. The molecule has 0 unspecified atom stereocenters. The molecule has 0 radical (unpaired) electrons. The number of rotatable bonds is 1. The Morgan fingerprint density at radius 1 is 1.31 bits per heavy atom. The summed E-state index contributed by atoms with van der Waals surface area (Å²) in [6.07, 6.45) is 2.35. The molecule has 3 rings (SSSR count). The molecule has 1 aromatic heterocycles. The normalized spacial score (nSPS) is 13.3. The minimum Gasteiger partial charge on any atom is -0.493 e. The molecular formula is C11H8ClN3O. The Hall–Kier alpha value is -1.68. The van der Waals surface area contributed by atoms with Gasteiger partial charge in [-0.2, -0.15) is 5.10 Å². The van der Waals surface area contributed by atoms with E-state index >= 15 is 0 Å². The topological polar surface area (TPSA) is 47.9 Å². The lowest BCUT2D eigenvalue weighted by atomic mass is 10.1. The summed E-state index contributed by atoms with van der Waals surface area (Å²) in [5, 5.41) is 8.08. The zero-order chi connectivity index (χ0) is 11.0. The summed E-state index contributed by atoms with van der Waals surface area (Å²) >= 11 is 5.77. The van der Waals surface area contributed by atoms with Crippen LogP contribution >= 0.6 is 11.6 Å². The number of hydrogen-bond acceptors (Lipinski definition) is 4. The summed E-state index contributed by atoms with van der Waals surface area (Å²) in [7, 11) is 0. The Morgan fingerprint density at radius 3 is 3.12 bits per heavy atom. The van der Waals surface area contributed by atoms with Crippen LogP contribution in [0.3, 0.4) is 0 Å². The van der Waals surface area contributed by atoms with Gasteiger partial charge in [0.05, 0.1) is 12.8 Å². The standard InChI is InChI=1S/C11H8ClN3O/c12-10-6-13-15-11(14-10)8-1-2-9-7(5-8)3-4-16-9/h1-2,5-6H,3-4H2. The minimum atomic E-state index is 0.349. The molecule has 5 heteroatoms. The van der Waals surface area contributed by atoms with Crippen LogP contribution in [0.4, 0.5) is 0 Å². The molecular weight excluding hydrogens is 226 g/mol. The van der Waals surface area contributed by atoms with Crippen LogP contribution in [0, 0.1) is 0 Å². The molecule has 80 valence electrons. The molecule has 1 aromatic carbocycles. The van der Waals surface area contributed by atoms with E-state index in [1.165, 1.54) is 11.8 Å². The summed E-state index contributed by atoms with van der Waals surface area (Å²) < 4.78 is 5.43. The van der Waals surface area contributed by atoms with Crippen molar-refractivity contribution in [2.45, 2.75) is 6.42 Å². The third-order valence-electron chi connectivity index (χ3n) is 2.48. The van der Waals surface area contributed by atoms with Crippen LogP contribution in [0.1, 0.15) is 5.56 Å². The van der Waals surface area contributed by atoms with Crippen molar-refractivity contribution in [3.05, 3.63) is 35.1 Å². The second-order valence-electron chi connectivity index (χ2n) is 3.52. The molecule has 0 aliphatic carbocycles. The van der Waals surface area contributed by atoms with Crippen molar-refractivity contribution < 1.29 is 4.74 Å². The lowest BCUT2D eigenvalue weighted by molar-refractivity contribution is 0.357. The number of halogens is 1. The molecule has 0 N–H and O–H groups in total. The van der Waals surface area contributed by atoms with Gasteiger partial charge in [-0.05, 0) is 23.8 Å². The van der Waals surface area contributed by atoms with Gasteiger partial charge >= 0.3 is 0 Å². The van der Waals surface area contributed by atoms with E-state index in [4.69, 9.17) is 16.3 Å². The SMILES string of the molecule is Clc1cnnc(-c2ccc3c(c2)CCO3)n1. The maximum Gasteiger partial charge on any atom is 0.183 e. The van der Waals surface area contributed by atoms with Crippen LogP contribution in [0.25, 0.3) is 11.4 Å². The average Bonchev–Trinajstić information content (AvgIpc) is 2.75. The van der Waals surface area contributed by atoms with Crippen LogP contribution < -0.4 is 4.74 Å². The molecule has 0 atom stereocenters. The lowest BCUT2D eigenvalue weighted by Gasteiger charge is -2.02. The molecule has 2 aromatic rings. The molecule has 0 amide bonds. The molecule has 0 fully saturated rings. The van der Waals surface area contributed by atoms with Gasteiger partial charge < -0.3 is 4.74 Å². The number of aromatic nitrogens is 3. The number of ether oxygens (including phenoxy) is 1. The summed E-state index contributed by atoms with van der Waals surface area (Å²) in [4.78, 5) is 4.12. The second kappa shape index (κ2) is 3.72. The van der Waals surface area contributed by atoms with Gasteiger partial charge in [-0.15, -0.1) is 5.10 Å². The summed E-state index contributed by atoms with van der Waals surface area (Å²) in [6, 6.07) is 5.87. The van der Waals surface area contributed by atoms with E-state index in [2.05, 4.69) is 15.2 Å². The highest BCUT2D eigenvalue weighted by Gasteiger charge is 2.13. The van der Waals surface area contributed by atoms with Gasteiger partial charge in [0.2, 0.25) is 0 Å². The smallest absolute Gasteiger partial charge is 0.183 e. The first kappa shape index (κ1) is 9.54. The van der Waals surface area contributed by atoms with Crippen molar-refractivity contribution in [3.63, 3.8) is 0 Å². The first-order chi connectivity index (χ1) is 7.83. The highest BCUT2D eigenvalue weighted by atomic mass is 35.5. The monoisotopic (exact) mass is 233 g/mol. The zero-order valence-corrected chi connectivity index (χ0v) is 9.11. The number of fused-ring (bicyclic) bond motifs is 1. The van der Waals surface area contributed by atoms with Crippen LogP contribution in [0.2, 0.25) is 5.15 Å². The number of hydrogen-bond donors (Lipinski definition) is 0. The Balaban J connectivity index is 2.07. The molecule has 0 bridgehead atoms. The lowest BCUT2D eigenvalue weighted by Crippen LogP contribution is -1.92. The van der Waals surface area contributed by atoms with Crippen molar-refractivity contribution in [1.29, 1.82) is 0 Å². The quantitative estimate of drug-likeness (QED) is 0.757. The van der Waals surface area contributed by atoms with Gasteiger partial charge in [0.1, 0.15) is 5.75 Å². The zero-order valence-electron chi connectivity index (χ0n) is 8.35. The Labute approximate surface area is 97.3 Å². The second-order valence-corrected chi connectivity index (χ2v) is 3.91. The van der Waals surface area contributed by atoms with Gasteiger partial charge in [-0.3, -0.25) is 0 Å². The van der Waals surface area contributed by atoms with E-state index in [1.54, 1.807) is 0 Å². The van der Waals surface area contributed by atoms with Crippen LogP contribution in [-0.4, -0.2) is 21.8 Å². The molecule has 16 heavy (non-hydrogen) atoms. The predicted octanol–water partition coefficient (Wildman–Crippen LogP) is 2.13. The van der Waals surface area contributed by atoms with Crippen molar-refractivity contribution in [2.75, 3.05) is 6.61 Å². The van der Waals surface area contributed by atoms with E-state index in [0.29, 0.717) is 11.0 Å². The first-order valence-corrected chi connectivity index (χ1v) is 5.32. The highest BCUT2D eigenvalue weighted by molar-refractivity contribution is 6.29. The molecule has 0 spiro atoms. The third kappa shape index (κ3) is 1.61. The Morgan fingerprint density at radius 2 is 2.25 bits per heavy atom. The highest BCUT2D eigenvalue weighted by Crippen LogP contribution is 2.29. The van der Waals surface area contributed by atoms with Gasteiger partial charge in [0.15, 0.2) is 11.0 Å². The maximum atomic E-state index is 5.77. The fraction of sp³-hybridized carbons (Fsp3) is 0.182. The van der Waals surface area contributed by atoms with Gasteiger partial charge in [-0.25, -0.2) is 4.98 Å². The summed E-state index contributed by atoms with van der Waals surface area (Å²) in [6.45, 7) is 0.743. The average molecular weight is 234 g/mol. The van der Waals surface area contributed by atoms with E-state index in [-0.39, 0.29) is 0 Å². The van der Waals surface area contributed by atoms with Crippen molar-refractivity contribution in [3.8, 4) is 17.1 Å². The fourth-order valence-corrected chi connectivity index (χ4v) is 1.86. The van der Waals surface area contributed by atoms with Gasteiger partial charge in [0.25, 0.3) is 0 Å². The van der Waals surface area contributed by atoms with Gasteiger partial charge in [-0.1, -0.05) is 11.6 Å². The summed E-state index contributed by atoms with van der Waals surface area (Å²) in [5.41, 5.74) is 2.10. The molecule has 0 saturated carbocycles. The largest absolute Gasteiger partial charge is 0.493 e. The van der Waals surface area contributed by atoms with Crippen molar-refractivity contribution in [1.82, 2.24) is 15.2 Å². The molecule has 1 aliphatic heterocycles. The molecule has 4 nitrogen and oxygen atoms in total. The number of nitrogens with zero attached hydrogens (tertiary/aromatic N) is 3. The number of benzene rings is 1. The van der Waals surface area contributed by atoms with E-state index in [9.17, 15) is 0 Å². The summed E-state index contributed by atoms with van der Waals surface area (Å²) in [5.74, 6) is 1.49. The first-order valence-electron chi connectivity index (χ1n) is 4.94. The van der Waals surface area contributed by atoms with E-state index in [0.717, 1.165) is 24.3 Å². The van der Waals surface area contributed by atoms with Crippen LogP contribution in [-0.2, 0) is 6.42 Å².